The van der Waals surface area contributed by atoms with E-state index in [1.165, 1.54) is 0 Å². The molecule has 6 nitrogen and oxygen atoms in total. The summed E-state index contributed by atoms with van der Waals surface area (Å²) in [6.07, 6.45) is 1.31. The Hall–Kier alpha value is -2.15. The van der Waals surface area contributed by atoms with Crippen LogP contribution in [0.3, 0.4) is 0 Å². The molecule has 0 aliphatic carbocycles. The van der Waals surface area contributed by atoms with Gasteiger partial charge in [-0.3, -0.25) is 4.79 Å². The number of fused-ring (bicyclic) bond motifs is 1. The first kappa shape index (κ1) is 16.3. The Kier molecular flexibility index (Phi) is 4.33. The van der Waals surface area contributed by atoms with Crippen molar-refractivity contribution >= 4 is 40.3 Å². The van der Waals surface area contributed by atoms with Crippen molar-refractivity contribution < 1.29 is 9.53 Å². The zero-order valence-corrected chi connectivity index (χ0v) is 14.6. The van der Waals surface area contributed by atoms with Crippen molar-refractivity contribution in [2.75, 3.05) is 19.7 Å². The van der Waals surface area contributed by atoms with Gasteiger partial charge in [0.05, 0.1) is 35.0 Å². The minimum Gasteiger partial charge on any atom is -0.370 e. The molecular weight excluding hydrogens is 363 g/mol. The van der Waals surface area contributed by atoms with Gasteiger partial charge in [-0.1, -0.05) is 29.3 Å². The van der Waals surface area contributed by atoms with Gasteiger partial charge < -0.3 is 14.6 Å². The number of halogens is 2. The topological polar surface area (TPSA) is 71.1 Å². The number of carbonyl (C=O) groups is 1. The molecule has 1 saturated heterocycles. The number of ether oxygens (including phenoxy) is 1. The monoisotopic (exact) mass is 376 g/mol. The average Bonchev–Trinajstić information content (AvgIpc) is 3.11. The molecule has 1 atom stereocenters. The van der Waals surface area contributed by atoms with Gasteiger partial charge in [0.25, 0.3) is 5.91 Å². The molecular formula is C17H14Cl2N4O2. The number of imidazole rings is 1. The number of pyridine rings is 1. The van der Waals surface area contributed by atoms with Crippen molar-refractivity contribution in [1.82, 2.24) is 19.9 Å². The van der Waals surface area contributed by atoms with Gasteiger partial charge in [0.1, 0.15) is 11.8 Å². The smallest absolute Gasteiger partial charge is 0.272 e. The number of morpholine rings is 1. The Morgan fingerprint density at radius 2 is 2.12 bits per heavy atom. The summed E-state index contributed by atoms with van der Waals surface area (Å²) in [6, 6.07) is 8.87. The van der Waals surface area contributed by atoms with Gasteiger partial charge in [-0.2, -0.15) is 0 Å². The highest BCUT2D eigenvalue weighted by atomic mass is 35.5. The number of nitrogens with zero attached hydrogens (tertiary/aromatic N) is 3. The molecule has 1 fully saturated rings. The van der Waals surface area contributed by atoms with Crippen LogP contribution >= 0.6 is 23.2 Å². The molecule has 1 amide bonds. The summed E-state index contributed by atoms with van der Waals surface area (Å²) >= 11 is 12.0. The number of nitrogens with one attached hydrogen (secondary N) is 1. The molecule has 0 spiro atoms. The van der Waals surface area contributed by atoms with Crippen molar-refractivity contribution in [3.05, 3.63) is 58.0 Å². The van der Waals surface area contributed by atoms with Gasteiger partial charge in [0, 0.05) is 6.54 Å². The Morgan fingerprint density at radius 1 is 1.24 bits per heavy atom. The van der Waals surface area contributed by atoms with Crippen LogP contribution in [-0.2, 0) is 4.74 Å². The maximum atomic E-state index is 12.8. The molecule has 0 radical (unpaired) electrons. The van der Waals surface area contributed by atoms with E-state index in [1.807, 2.05) is 6.07 Å². The number of amides is 1. The van der Waals surface area contributed by atoms with Crippen LogP contribution in [0.25, 0.3) is 11.2 Å². The predicted molar refractivity (Wildman–Crippen MR) is 94.9 cm³/mol. The van der Waals surface area contributed by atoms with Gasteiger partial charge in [0.2, 0.25) is 0 Å². The summed E-state index contributed by atoms with van der Waals surface area (Å²) in [4.78, 5) is 25.9. The lowest BCUT2D eigenvalue weighted by atomic mass is 10.1. The number of H-pyrrole nitrogens is 1. The van der Waals surface area contributed by atoms with Gasteiger partial charge >= 0.3 is 0 Å². The largest absolute Gasteiger partial charge is 0.370 e. The minimum absolute atomic E-state index is 0.140. The zero-order chi connectivity index (χ0) is 17.4. The summed E-state index contributed by atoms with van der Waals surface area (Å²) in [5.74, 6) is -0.140. The van der Waals surface area contributed by atoms with Crippen molar-refractivity contribution in [1.29, 1.82) is 0 Å². The highest BCUT2D eigenvalue weighted by molar-refractivity contribution is 6.42. The molecule has 25 heavy (non-hydrogen) atoms. The zero-order valence-electron chi connectivity index (χ0n) is 13.1. The van der Waals surface area contributed by atoms with E-state index in [0.717, 1.165) is 11.1 Å². The van der Waals surface area contributed by atoms with Crippen LogP contribution < -0.4 is 0 Å². The first-order valence-corrected chi connectivity index (χ1v) is 8.53. The standard InChI is InChI=1S/C17H14Cl2N4O2/c18-11-2-1-10(7-12(11)19)15-8-23(5-6-25-15)17(24)14-4-3-13-16(22-14)21-9-20-13/h1-4,7,9,15H,5-6,8H2,(H,20,21,22). The minimum atomic E-state index is -0.249. The molecule has 128 valence electrons. The normalized spacial score (nSPS) is 17.8. The molecule has 1 N–H and O–H groups in total. The molecule has 3 aromatic rings. The lowest BCUT2D eigenvalue weighted by molar-refractivity contribution is -0.0230. The van der Waals surface area contributed by atoms with Crippen LogP contribution in [0, 0.1) is 0 Å². The number of aromatic amines is 1. The molecule has 1 aromatic carbocycles. The fourth-order valence-electron chi connectivity index (χ4n) is 2.85. The first-order chi connectivity index (χ1) is 12.1. The molecule has 3 heterocycles. The highest BCUT2D eigenvalue weighted by Crippen LogP contribution is 2.29. The molecule has 0 bridgehead atoms. The number of benzene rings is 1. The van der Waals surface area contributed by atoms with Crippen LogP contribution in [-0.4, -0.2) is 45.5 Å². The lowest BCUT2D eigenvalue weighted by Crippen LogP contribution is -2.42. The van der Waals surface area contributed by atoms with E-state index >= 15 is 0 Å². The van der Waals surface area contributed by atoms with E-state index in [-0.39, 0.29) is 12.0 Å². The summed E-state index contributed by atoms with van der Waals surface area (Å²) < 4.78 is 5.80. The Morgan fingerprint density at radius 3 is 2.96 bits per heavy atom. The van der Waals surface area contributed by atoms with Gasteiger partial charge in [-0.05, 0) is 29.8 Å². The van der Waals surface area contributed by atoms with E-state index in [4.69, 9.17) is 27.9 Å². The van der Waals surface area contributed by atoms with Crippen molar-refractivity contribution in [3.8, 4) is 0 Å². The quantitative estimate of drug-likeness (QED) is 0.742. The molecule has 2 aromatic heterocycles. The molecule has 1 unspecified atom stereocenters. The van der Waals surface area contributed by atoms with Crippen molar-refractivity contribution in [2.24, 2.45) is 0 Å². The Bertz CT molecular complexity index is 943. The van der Waals surface area contributed by atoms with Gasteiger partial charge in [-0.15, -0.1) is 0 Å². The second-order valence-electron chi connectivity index (χ2n) is 5.75. The summed E-state index contributed by atoms with van der Waals surface area (Å²) in [7, 11) is 0. The maximum Gasteiger partial charge on any atom is 0.272 e. The SMILES string of the molecule is O=C(c1ccc2[nH]cnc2n1)N1CCOC(c2ccc(Cl)c(Cl)c2)C1. The summed E-state index contributed by atoms with van der Waals surface area (Å²) in [6.45, 7) is 1.38. The third kappa shape index (κ3) is 3.20. The number of carbonyl (C=O) groups excluding carboxylic acids is 1. The lowest BCUT2D eigenvalue weighted by Gasteiger charge is -2.33. The fraction of sp³-hybridized carbons (Fsp3) is 0.235. The summed E-state index contributed by atoms with van der Waals surface area (Å²) in [5.41, 5.74) is 2.59. The van der Waals surface area contributed by atoms with Gasteiger partial charge in [-0.25, -0.2) is 9.97 Å². The fourth-order valence-corrected chi connectivity index (χ4v) is 3.16. The molecule has 0 saturated carbocycles. The number of aromatic nitrogens is 3. The third-order valence-electron chi connectivity index (χ3n) is 4.17. The van der Waals surface area contributed by atoms with E-state index in [1.54, 1.807) is 35.5 Å². The number of rotatable bonds is 2. The Balaban J connectivity index is 1.55. The second kappa shape index (κ2) is 6.63. The highest BCUT2D eigenvalue weighted by Gasteiger charge is 2.27. The van der Waals surface area contributed by atoms with Crippen molar-refractivity contribution in [3.63, 3.8) is 0 Å². The van der Waals surface area contributed by atoms with E-state index in [2.05, 4.69) is 15.0 Å². The summed E-state index contributed by atoms with van der Waals surface area (Å²) in [5, 5.41) is 0.961. The Labute approximate surface area is 153 Å². The van der Waals surface area contributed by atoms with Crippen LogP contribution in [0.15, 0.2) is 36.7 Å². The van der Waals surface area contributed by atoms with E-state index in [0.29, 0.717) is 41.1 Å². The van der Waals surface area contributed by atoms with E-state index < -0.39 is 0 Å². The van der Waals surface area contributed by atoms with Crippen LogP contribution in [0.1, 0.15) is 22.2 Å². The maximum absolute atomic E-state index is 12.8. The number of hydrogen-bond acceptors (Lipinski definition) is 4. The van der Waals surface area contributed by atoms with Crippen molar-refractivity contribution in [2.45, 2.75) is 6.10 Å². The molecule has 8 heteroatoms. The third-order valence-corrected chi connectivity index (χ3v) is 4.91. The molecule has 4 rings (SSSR count). The molecule has 1 aliphatic heterocycles. The van der Waals surface area contributed by atoms with E-state index in [9.17, 15) is 4.79 Å². The second-order valence-corrected chi connectivity index (χ2v) is 6.57. The first-order valence-electron chi connectivity index (χ1n) is 7.78. The number of hydrogen-bond donors (Lipinski definition) is 1. The van der Waals surface area contributed by atoms with Crippen LogP contribution in [0.2, 0.25) is 10.0 Å². The van der Waals surface area contributed by atoms with Gasteiger partial charge in [0.15, 0.2) is 5.65 Å². The predicted octanol–water partition coefficient (Wildman–Crippen LogP) is 3.48. The molecule has 1 aliphatic rings. The average molecular weight is 377 g/mol. The van der Waals surface area contributed by atoms with Crippen LogP contribution in [0.5, 0.6) is 0 Å². The van der Waals surface area contributed by atoms with Crippen LogP contribution in [0.4, 0.5) is 0 Å².